The number of benzene rings is 1. The fraction of sp³-hybridized carbons (Fsp3) is 0.533. The van der Waals surface area contributed by atoms with E-state index < -0.39 is 6.04 Å². The van der Waals surface area contributed by atoms with E-state index in [4.69, 9.17) is 5.73 Å². The molecule has 0 bridgehead atoms. The molecule has 2 rings (SSSR count). The number of carbonyl (C=O) groups excluding carboxylic acids is 1. The zero-order valence-electron chi connectivity index (χ0n) is 12.4. The molecule has 6 heteroatoms. The number of amides is 1. The number of rotatable bonds is 3. The molecule has 0 spiro atoms. The second-order valence-corrected chi connectivity index (χ2v) is 5.51. The van der Waals surface area contributed by atoms with Gasteiger partial charge in [-0.3, -0.25) is 4.79 Å². The van der Waals surface area contributed by atoms with Crippen molar-refractivity contribution in [3.05, 3.63) is 29.6 Å². The average Bonchev–Trinajstić information content (AvgIpc) is 2.38. The summed E-state index contributed by atoms with van der Waals surface area (Å²) in [6.07, 6.45) is 1.95. The van der Waals surface area contributed by atoms with Gasteiger partial charge in [0.2, 0.25) is 5.91 Å². The molecule has 4 nitrogen and oxygen atoms in total. The third kappa shape index (κ3) is 4.58. The Bertz CT molecular complexity index is 496. The predicted molar refractivity (Wildman–Crippen MR) is 85.4 cm³/mol. The van der Waals surface area contributed by atoms with Crippen molar-refractivity contribution in [2.24, 2.45) is 5.73 Å². The van der Waals surface area contributed by atoms with E-state index in [0.29, 0.717) is 0 Å². The number of aryl methyl sites for hydroxylation is 1. The summed E-state index contributed by atoms with van der Waals surface area (Å²) in [5.41, 5.74) is 7.53. The molecule has 0 saturated carbocycles. The summed E-state index contributed by atoms with van der Waals surface area (Å²) in [5.74, 6) is -0.335. The molecule has 1 amide bonds. The first-order valence-corrected chi connectivity index (χ1v) is 7.04. The molecule has 1 heterocycles. The Morgan fingerprint density at radius 3 is 2.86 bits per heavy atom. The number of hydrogen-bond donors (Lipinski definition) is 2. The standard InChI is InChI=1S/C15H22FN3O.ClH/c1-10-8-12(16)5-6-14(10)19-7-3-4-13(9-19)18-15(20)11(2)17;/h5-6,8,11,13H,3-4,7,9,17H2,1-2H3,(H,18,20);1H. The molecular weight excluding hydrogens is 293 g/mol. The van der Waals surface area contributed by atoms with Crippen LogP contribution in [0.25, 0.3) is 0 Å². The number of piperidine rings is 1. The largest absolute Gasteiger partial charge is 0.369 e. The van der Waals surface area contributed by atoms with Crippen molar-refractivity contribution in [3.8, 4) is 0 Å². The van der Waals surface area contributed by atoms with Gasteiger partial charge >= 0.3 is 0 Å². The first-order valence-electron chi connectivity index (χ1n) is 7.04. The highest BCUT2D eigenvalue weighted by molar-refractivity contribution is 5.85. The van der Waals surface area contributed by atoms with Gasteiger partial charge < -0.3 is 16.0 Å². The van der Waals surface area contributed by atoms with Crippen molar-refractivity contribution < 1.29 is 9.18 Å². The molecule has 1 aliphatic rings. The predicted octanol–water partition coefficient (Wildman–Crippen LogP) is 1.99. The lowest BCUT2D eigenvalue weighted by Crippen LogP contribution is -2.51. The van der Waals surface area contributed by atoms with Gasteiger partial charge in [0.15, 0.2) is 0 Å². The minimum Gasteiger partial charge on any atom is -0.369 e. The lowest BCUT2D eigenvalue weighted by atomic mass is 10.0. The minimum atomic E-state index is -0.488. The van der Waals surface area contributed by atoms with Crippen LogP contribution >= 0.6 is 12.4 Å². The highest BCUT2D eigenvalue weighted by Gasteiger charge is 2.23. The Morgan fingerprint density at radius 2 is 2.24 bits per heavy atom. The molecule has 0 radical (unpaired) electrons. The monoisotopic (exact) mass is 315 g/mol. The molecule has 1 saturated heterocycles. The van der Waals surface area contributed by atoms with Crippen LogP contribution < -0.4 is 16.0 Å². The molecular formula is C15H23ClFN3O. The van der Waals surface area contributed by atoms with Gasteiger partial charge in [-0.1, -0.05) is 0 Å². The van der Waals surface area contributed by atoms with Gasteiger partial charge in [0, 0.05) is 24.8 Å². The van der Waals surface area contributed by atoms with E-state index in [-0.39, 0.29) is 30.2 Å². The van der Waals surface area contributed by atoms with Crippen LogP contribution in [0.4, 0.5) is 10.1 Å². The summed E-state index contributed by atoms with van der Waals surface area (Å²) in [7, 11) is 0. The third-order valence-corrected chi connectivity index (χ3v) is 3.68. The molecule has 0 aromatic heterocycles. The summed E-state index contributed by atoms with van der Waals surface area (Å²) in [4.78, 5) is 13.9. The van der Waals surface area contributed by atoms with Gasteiger partial charge in [0.1, 0.15) is 5.82 Å². The Morgan fingerprint density at radius 1 is 1.52 bits per heavy atom. The third-order valence-electron chi connectivity index (χ3n) is 3.68. The zero-order chi connectivity index (χ0) is 14.7. The molecule has 0 aliphatic carbocycles. The number of nitrogens with two attached hydrogens (primary N) is 1. The minimum absolute atomic E-state index is 0. The molecule has 1 aromatic carbocycles. The van der Waals surface area contributed by atoms with Crippen LogP contribution in [0.1, 0.15) is 25.3 Å². The first-order chi connectivity index (χ1) is 9.47. The van der Waals surface area contributed by atoms with Crippen molar-refractivity contribution in [1.29, 1.82) is 0 Å². The Balaban J connectivity index is 0.00000220. The van der Waals surface area contributed by atoms with Gasteiger partial charge in [-0.2, -0.15) is 0 Å². The number of anilines is 1. The fourth-order valence-corrected chi connectivity index (χ4v) is 2.62. The summed E-state index contributed by atoms with van der Waals surface area (Å²) >= 11 is 0. The number of nitrogens with zero attached hydrogens (tertiary/aromatic N) is 1. The van der Waals surface area contributed by atoms with Gasteiger partial charge in [-0.15, -0.1) is 12.4 Å². The van der Waals surface area contributed by atoms with Crippen molar-refractivity contribution in [1.82, 2.24) is 5.32 Å². The van der Waals surface area contributed by atoms with Gasteiger partial charge in [-0.05, 0) is 50.5 Å². The molecule has 21 heavy (non-hydrogen) atoms. The highest BCUT2D eigenvalue weighted by Crippen LogP contribution is 2.24. The average molecular weight is 316 g/mol. The van der Waals surface area contributed by atoms with Crippen molar-refractivity contribution >= 4 is 24.0 Å². The summed E-state index contributed by atoms with van der Waals surface area (Å²) < 4.78 is 13.2. The summed E-state index contributed by atoms with van der Waals surface area (Å²) in [5, 5.41) is 2.97. The SMILES string of the molecule is Cc1cc(F)ccc1N1CCCC(NC(=O)C(C)N)C1.Cl. The van der Waals surface area contributed by atoms with E-state index in [2.05, 4.69) is 10.2 Å². The van der Waals surface area contributed by atoms with Crippen molar-refractivity contribution in [2.75, 3.05) is 18.0 Å². The second kappa shape index (κ2) is 7.61. The lowest BCUT2D eigenvalue weighted by Gasteiger charge is -2.35. The van der Waals surface area contributed by atoms with Crippen LogP contribution in [0.15, 0.2) is 18.2 Å². The van der Waals surface area contributed by atoms with Crippen LogP contribution in [0, 0.1) is 12.7 Å². The fourth-order valence-electron chi connectivity index (χ4n) is 2.62. The van der Waals surface area contributed by atoms with E-state index in [1.807, 2.05) is 6.92 Å². The van der Waals surface area contributed by atoms with Crippen LogP contribution in [0.5, 0.6) is 0 Å². The van der Waals surface area contributed by atoms with Gasteiger partial charge in [0.25, 0.3) is 0 Å². The van der Waals surface area contributed by atoms with E-state index >= 15 is 0 Å². The topological polar surface area (TPSA) is 58.4 Å². The van der Waals surface area contributed by atoms with Crippen LogP contribution in [-0.4, -0.2) is 31.1 Å². The maximum absolute atomic E-state index is 13.2. The Hall–Kier alpha value is -1.33. The smallest absolute Gasteiger partial charge is 0.236 e. The summed E-state index contributed by atoms with van der Waals surface area (Å²) in [6, 6.07) is 4.44. The van der Waals surface area contributed by atoms with Crippen molar-refractivity contribution in [2.45, 2.75) is 38.8 Å². The van der Waals surface area contributed by atoms with Crippen molar-refractivity contribution in [3.63, 3.8) is 0 Å². The van der Waals surface area contributed by atoms with Crippen LogP contribution in [-0.2, 0) is 4.79 Å². The highest BCUT2D eigenvalue weighted by atomic mass is 35.5. The molecule has 1 aromatic rings. The lowest BCUT2D eigenvalue weighted by molar-refractivity contribution is -0.122. The molecule has 2 atom stereocenters. The molecule has 1 aliphatic heterocycles. The van der Waals surface area contributed by atoms with E-state index in [1.54, 1.807) is 19.1 Å². The molecule has 118 valence electrons. The number of hydrogen-bond acceptors (Lipinski definition) is 3. The van der Waals surface area contributed by atoms with Gasteiger partial charge in [0.05, 0.1) is 6.04 Å². The maximum Gasteiger partial charge on any atom is 0.236 e. The molecule has 1 fully saturated rings. The van der Waals surface area contributed by atoms with Crippen LogP contribution in [0.2, 0.25) is 0 Å². The quantitative estimate of drug-likeness (QED) is 0.897. The van der Waals surface area contributed by atoms with E-state index in [9.17, 15) is 9.18 Å². The molecule has 3 N–H and O–H groups in total. The normalized spacial score (nSPS) is 19.6. The van der Waals surface area contributed by atoms with E-state index in [1.165, 1.54) is 6.07 Å². The number of halogens is 2. The Labute approximate surface area is 131 Å². The first kappa shape index (κ1) is 17.7. The maximum atomic E-state index is 13.2. The van der Waals surface area contributed by atoms with Gasteiger partial charge in [-0.25, -0.2) is 4.39 Å². The number of nitrogens with one attached hydrogen (secondary N) is 1. The summed E-state index contributed by atoms with van der Waals surface area (Å²) in [6.45, 7) is 5.25. The zero-order valence-corrected chi connectivity index (χ0v) is 13.3. The Kier molecular flexibility index (Phi) is 6.42. The number of carbonyl (C=O) groups is 1. The van der Waals surface area contributed by atoms with Crippen LogP contribution in [0.3, 0.4) is 0 Å². The molecule has 2 unspecified atom stereocenters. The van der Waals surface area contributed by atoms with E-state index in [0.717, 1.165) is 37.2 Å². The second-order valence-electron chi connectivity index (χ2n) is 5.51.